The molecule has 0 unspecified atom stereocenters. The molecule has 0 aliphatic rings. The Balaban J connectivity index is 3.17. The van der Waals surface area contributed by atoms with Gasteiger partial charge in [0.1, 0.15) is 0 Å². The summed E-state index contributed by atoms with van der Waals surface area (Å²) < 4.78 is 80.3. The molecular formula is C11H11F6NO2. The number of pyridine rings is 1. The van der Waals surface area contributed by atoms with Gasteiger partial charge in [-0.2, -0.15) is 26.3 Å². The van der Waals surface area contributed by atoms with Crippen LogP contribution >= 0.6 is 0 Å². The summed E-state index contributed by atoms with van der Waals surface area (Å²) in [5.74, 6) is -0.123. The Morgan fingerprint density at radius 1 is 1.10 bits per heavy atom. The number of halogens is 6. The molecule has 0 atom stereocenters. The molecule has 1 aromatic heterocycles. The number of aliphatic hydroxyl groups is 1. The highest BCUT2D eigenvalue weighted by Gasteiger charge is 2.71. The molecule has 1 aromatic rings. The highest BCUT2D eigenvalue weighted by molar-refractivity contribution is 5.27. The first-order chi connectivity index (χ1) is 9.04. The lowest BCUT2D eigenvalue weighted by atomic mass is 9.94. The Morgan fingerprint density at radius 2 is 1.65 bits per heavy atom. The van der Waals surface area contributed by atoms with Crippen LogP contribution in [0.15, 0.2) is 18.3 Å². The van der Waals surface area contributed by atoms with Gasteiger partial charge in [0.25, 0.3) is 5.60 Å². The number of ether oxygens (including phenoxy) is 1. The van der Waals surface area contributed by atoms with Crippen LogP contribution in [0.1, 0.15) is 18.9 Å². The normalized spacial score (nSPS) is 13.4. The lowest BCUT2D eigenvalue weighted by molar-refractivity contribution is -0.376. The SMILES string of the molecule is CCCOc1ccc(C(O)(C(F)(F)F)C(F)(F)F)cn1. The van der Waals surface area contributed by atoms with Crippen molar-refractivity contribution >= 4 is 0 Å². The first-order valence-corrected chi connectivity index (χ1v) is 5.49. The number of alkyl halides is 6. The molecule has 9 heteroatoms. The van der Waals surface area contributed by atoms with E-state index in [1.807, 2.05) is 0 Å². The van der Waals surface area contributed by atoms with Gasteiger partial charge in [0, 0.05) is 17.8 Å². The van der Waals surface area contributed by atoms with Crippen LogP contribution in [0.2, 0.25) is 0 Å². The van der Waals surface area contributed by atoms with E-state index >= 15 is 0 Å². The van der Waals surface area contributed by atoms with Gasteiger partial charge in [0.2, 0.25) is 5.88 Å². The highest BCUT2D eigenvalue weighted by Crippen LogP contribution is 2.49. The summed E-state index contributed by atoms with van der Waals surface area (Å²) in [5, 5.41) is 9.09. The zero-order chi connectivity index (χ0) is 15.6. The van der Waals surface area contributed by atoms with Crippen molar-refractivity contribution < 1.29 is 36.2 Å². The van der Waals surface area contributed by atoms with Crippen molar-refractivity contribution in [2.45, 2.75) is 31.3 Å². The zero-order valence-electron chi connectivity index (χ0n) is 10.2. The van der Waals surface area contributed by atoms with E-state index in [2.05, 4.69) is 4.98 Å². The van der Waals surface area contributed by atoms with Gasteiger partial charge in [-0.3, -0.25) is 0 Å². The lowest BCUT2D eigenvalue weighted by Gasteiger charge is -2.32. The van der Waals surface area contributed by atoms with E-state index in [4.69, 9.17) is 9.84 Å². The predicted octanol–water partition coefficient (Wildman–Crippen LogP) is 3.18. The molecule has 1 N–H and O–H groups in total. The molecule has 0 aliphatic heterocycles. The van der Waals surface area contributed by atoms with Gasteiger partial charge in [-0.05, 0) is 12.5 Å². The average Bonchev–Trinajstić information content (AvgIpc) is 2.33. The van der Waals surface area contributed by atoms with E-state index in [1.165, 1.54) is 0 Å². The molecule has 114 valence electrons. The monoisotopic (exact) mass is 303 g/mol. The van der Waals surface area contributed by atoms with Crippen LogP contribution in [-0.4, -0.2) is 29.0 Å². The fraction of sp³-hybridized carbons (Fsp3) is 0.545. The summed E-state index contributed by atoms with van der Waals surface area (Å²) >= 11 is 0. The Kier molecular flexibility index (Phi) is 4.52. The summed E-state index contributed by atoms with van der Waals surface area (Å²) in [4.78, 5) is 3.33. The van der Waals surface area contributed by atoms with E-state index in [1.54, 1.807) is 6.92 Å². The van der Waals surface area contributed by atoms with E-state index in [0.29, 0.717) is 18.7 Å². The van der Waals surface area contributed by atoms with Crippen LogP contribution < -0.4 is 4.74 Å². The van der Waals surface area contributed by atoms with Crippen LogP contribution in [0.25, 0.3) is 0 Å². The largest absolute Gasteiger partial charge is 0.478 e. The third kappa shape index (κ3) is 2.97. The minimum Gasteiger partial charge on any atom is -0.478 e. The van der Waals surface area contributed by atoms with E-state index in [-0.39, 0.29) is 12.5 Å². The molecule has 0 spiro atoms. The molecule has 0 radical (unpaired) electrons. The topological polar surface area (TPSA) is 42.4 Å². The summed E-state index contributed by atoms with van der Waals surface area (Å²) in [7, 11) is 0. The standard InChI is InChI=1S/C11H11F6NO2/c1-2-5-20-8-4-3-7(6-18-8)9(19,10(12,13)14)11(15,16)17/h3-4,6,19H,2,5H2,1H3. The third-order valence-electron chi connectivity index (χ3n) is 2.43. The van der Waals surface area contributed by atoms with Crippen molar-refractivity contribution in [3.8, 4) is 5.88 Å². The van der Waals surface area contributed by atoms with E-state index in [9.17, 15) is 26.3 Å². The van der Waals surface area contributed by atoms with Crippen molar-refractivity contribution in [1.82, 2.24) is 4.98 Å². The molecule has 0 aromatic carbocycles. The number of nitrogens with zero attached hydrogens (tertiary/aromatic N) is 1. The number of rotatable bonds is 4. The smallest absolute Gasteiger partial charge is 0.430 e. The second kappa shape index (κ2) is 5.47. The van der Waals surface area contributed by atoms with E-state index < -0.39 is 23.5 Å². The van der Waals surface area contributed by atoms with Crippen molar-refractivity contribution in [1.29, 1.82) is 0 Å². The van der Waals surface area contributed by atoms with Crippen LogP contribution in [0.4, 0.5) is 26.3 Å². The van der Waals surface area contributed by atoms with Gasteiger partial charge in [-0.1, -0.05) is 6.92 Å². The number of hydrogen-bond donors (Lipinski definition) is 1. The Hall–Kier alpha value is -1.51. The maximum absolute atomic E-state index is 12.6. The second-order valence-corrected chi connectivity index (χ2v) is 3.94. The fourth-order valence-electron chi connectivity index (χ4n) is 1.37. The summed E-state index contributed by atoms with van der Waals surface area (Å²) in [6.07, 6.45) is -10.9. The fourth-order valence-corrected chi connectivity index (χ4v) is 1.37. The van der Waals surface area contributed by atoms with Crippen LogP contribution in [0.3, 0.4) is 0 Å². The molecule has 0 aliphatic carbocycles. The minimum absolute atomic E-state index is 0.123. The molecule has 20 heavy (non-hydrogen) atoms. The Morgan fingerprint density at radius 3 is 2.00 bits per heavy atom. The maximum Gasteiger partial charge on any atom is 0.430 e. The predicted molar refractivity (Wildman–Crippen MR) is 56.0 cm³/mol. The molecule has 0 fully saturated rings. The Bertz CT molecular complexity index is 426. The molecule has 0 saturated carbocycles. The first-order valence-electron chi connectivity index (χ1n) is 5.49. The lowest BCUT2D eigenvalue weighted by Crippen LogP contribution is -2.53. The summed E-state index contributed by atoms with van der Waals surface area (Å²) in [5.41, 5.74) is -6.38. The van der Waals surface area contributed by atoms with Gasteiger partial charge in [-0.15, -0.1) is 0 Å². The molecule has 3 nitrogen and oxygen atoms in total. The molecule has 0 amide bonds. The van der Waals surface area contributed by atoms with Gasteiger partial charge in [0.15, 0.2) is 0 Å². The second-order valence-electron chi connectivity index (χ2n) is 3.94. The third-order valence-corrected chi connectivity index (χ3v) is 2.43. The molecular weight excluding hydrogens is 292 g/mol. The van der Waals surface area contributed by atoms with Crippen molar-refractivity contribution in [2.75, 3.05) is 6.61 Å². The number of hydrogen-bond acceptors (Lipinski definition) is 3. The van der Waals surface area contributed by atoms with Gasteiger partial charge in [-0.25, -0.2) is 4.98 Å². The van der Waals surface area contributed by atoms with Crippen molar-refractivity contribution in [2.24, 2.45) is 0 Å². The summed E-state index contributed by atoms with van der Waals surface area (Å²) in [6.45, 7) is 1.98. The molecule has 1 rings (SSSR count). The zero-order valence-corrected chi connectivity index (χ0v) is 10.2. The van der Waals surface area contributed by atoms with Crippen LogP contribution in [-0.2, 0) is 5.60 Å². The molecule has 0 bridgehead atoms. The minimum atomic E-state index is -5.92. The number of aromatic nitrogens is 1. The van der Waals surface area contributed by atoms with Gasteiger partial charge < -0.3 is 9.84 Å². The van der Waals surface area contributed by atoms with Gasteiger partial charge >= 0.3 is 12.4 Å². The Labute approximate surface area is 110 Å². The van der Waals surface area contributed by atoms with E-state index in [0.717, 1.165) is 6.07 Å². The maximum atomic E-state index is 12.6. The van der Waals surface area contributed by atoms with Crippen molar-refractivity contribution in [3.05, 3.63) is 23.9 Å². The first kappa shape index (κ1) is 16.5. The van der Waals surface area contributed by atoms with Gasteiger partial charge in [0.05, 0.1) is 6.61 Å². The van der Waals surface area contributed by atoms with Crippen molar-refractivity contribution in [3.63, 3.8) is 0 Å². The van der Waals surface area contributed by atoms with Crippen LogP contribution in [0.5, 0.6) is 5.88 Å². The quantitative estimate of drug-likeness (QED) is 0.869. The summed E-state index contributed by atoms with van der Waals surface area (Å²) in [6, 6.07) is 1.33. The van der Waals surface area contributed by atoms with Crippen LogP contribution in [0, 0.1) is 0 Å². The average molecular weight is 303 g/mol. The highest BCUT2D eigenvalue weighted by atomic mass is 19.4. The molecule has 0 saturated heterocycles. The molecule has 1 heterocycles.